The highest BCUT2D eigenvalue weighted by molar-refractivity contribution is 7.14. The topological polar surface area (TPSA) is 89.9 Å². The number of carbonyl (C=O) groups is 1. The fraction of sp³-hybridized carbons (Fsp3) is 0.583. The number of amides is 1. The average molecular weight is 471 g/mol. The molecule has 0 radical (unpaired) electrons. The molecule has 0 aliphatic heterocycles. The zero-order valence-corrected chi connectivity index (χ0v) is 21.5. The van der Waals surface area contributed by atoms with Crippen molar-refractivity contribution in [2.45, 2.75) is 66.4 Å². The molecule has 3 unspecified atom stereocenters. The summed E-state index contributed by atoms with van der Waals surface area (Å²) in [5.41, 5.74) is 6.67. The maximum absolute atomic E-state index is 11.2. The van der Waals surface area contributed by atoms with Crippen LogP contribution in [0.5, 0.6) is 0 Å². The number of nitrogens with zero attached hydrogens (tertiary/aromatic N) is 1. The van der Waals surface area contributed by atoms with Crippen LogP contribution >= 0.6 is 22.9 Å². The van der Waals surface area contributed by atoms with Gasteiger partial charge in [0.05, 0.1) is 11.8 Å². The van der Waals surface area contributed by atoms with Gasteiger partial charge in [-0.3, -0.25) is 10.1 Å². The van der Waals surface area contributed by atoms with Gasteiger partial charge in [-0.25, -0.2) is 4.98 Å². The first kappa shape index (κ1) is 29.5. The number of alkyl halides is 1. The molecule has 0 fully saturated rings. The maximum Gasteiger partial charge on any atom is 0.281 e. The molecule has 1 amide bonds. The SMILES string of the molecule is CCC(C)CCC(O)C(C)CC.CCl.Cc1cccc(-c2csc(NC(=O)C[NH3+])n2)c1. The second-order valence-corrected chi connectivity index (χ2v) is 8.61. The highest BCUT2D eigenvalue weighted by Gasteiger charge is 2.12. The van der Waals surface area contributed by atoms with Crippen molar-refractivity contribution in [3.8, 4) is 11.3 Å². The van der Waals surface area contributed by atoms with Gasteiger partial charge >= 0.3 is 0 Å². The fourth-order valence-corrected chi connectivity index (χ4v) is 3.40. The summed E-state index contributed by atoms with van der Waals surface area (Å²) in [6, 6.07) is 8.12. The Morgan fingerprint density at radius 3 is 2.45 bits per heavy atom. The number of aryl methyl sites for hydroxylation is 1. The standard InChI is InChI=1S/C12H13N3OS.C11H24O.CH3Cl/c1-8-3-2-4-9(5-8)10-7-17-12(14-10)15-11(16)6-13;1-5-9(3)7-8-11(12)10(4)6-2;1-2/h2-5,7H,6,13H2,1H3,(H,14,15,16);9-12H,5-8H2,1-4H3;1H3/p+1. The highest BCUT2D eigenvalue weighted by atomic mass is 35.5. The van der Waals surface area contributed by atoms with Gasteiger partial charge < -0.3 is 10.8 Å². The van der Waals surface area contributed by atoms with E-state index >= 15 is 0 Å². The molecular formula is C24H41ClN3O2S+. The second kappa shape index (κ2) is 17.1. The molecule has 0 spiro atoms. The van der Waals surface area contributed by atoms with E-state index < -0.39 is 0 Å². The van der Waals surface area contributed by atoms with Gasteiger partial charge in [-0.15, -0.1) is 22.9 Å². The van der Waals surface area contributed by atoms with E-state index in [0.717, 1.165) is 30.0 Å². The number of benzene rings is 1. The molecule has 2 aromatic rings. The van der Waals surface area contributed by atoms with Crippen LogP contribution < -0.4 is 11.1 Å². The molecule has 176 valence electrons. The first-order valence-electron chi connectivity index (χ1n) is 11.0. The Morgan fingerprint density at radius 1 is 1.23 bits per heavy atom. The lowest BCUT2D eigenvalue weighted by atomic mass is 9.93. The number of halogens is 1. The van der Waals surface area contributed by atoms with Crippen LogP contribution in [-0.2, 0) is 4.79 Å². The summed E-state index contributed by atoms with van der Waals surface area (Å²) in [5.74, 6) is 1.12. The van der Waals surface area contributed by atoms with Crippen LogP contribution in [0.15, 0.2) is 29.6 Å². The van der Waals surface area contributed by atoms with Crippen LogP contribution in [0.2, 0.25) is 0 Å². The number of aliphatic hydroxyl groups excluding tert-OH is 1. The molecule has 5 nitrogen and oxygen atoms in total. The molecule has 0 bridgehead atoms. The van der Waals surface area contributed by atoms with Crippen LogP contribution in [-0.4, -0.2) is 35.0 Å². The Morgan fingerprint density at radius 2 is 1.90 bits per heavy atom. The minimum atomic E-state index is -0.116. The summed E-state index contributed by atoms with van der Waals surface area (Å²) < 4.78 is 0. The predicted molar refractivity (Wildman–Crippen MR) is 135 cm³/mol. The first-order chi connectivity index (χ1) is 14.8. The van der Waals surface area contributed by atoms with Gasteiger partial charge in [0, 0.05) is 17.3 Å². The molecule has 31 heavy (non-hydrogen) atoms. The van der Waals surface area contributed by atoms with Crippen LogP contribution in [0.3, 0.4) is 0 Å². The van der Waals surface area contributed by atoms with E-state index in [1.807, 2.05) is 30.5 Å². The van der Waals surface area contributed by atoms with Gasteiger partial charge in [0.15, 0.2) is 11.7 Å². The van der Waals surface area contributed by atoms with Gasteiger partial charge in [-0.1, -0.05) is 64.3 Å². The van der Waals surface area contributed by atoms with E-state index in [-0.39, 0.29) is 18.6 Å². The minimum Gasteiger partial charge on any atom is -0.393 e. The van der Waals surface area contributed by atoms with E-state index in [4.69, 9.17) is 0 Å². The first-order valence-corrected chi connectivity index (χ1v) is 12.6. The average Bonchev–Trinajstić information content (AvgIpc) is 3.26. The maximum atomic E-state index is 11.2. The molecule has 7 heteroatoms. The Balaban J connectivity index is 0.000000570. The number of hydrogen-bond donors (Lipinski definition) is 3. The fourth-order valence-electron chi connectivity index (χ4n) is 2.67. The van der Waals surface area contributed by atoms with Gasteiger partial charge in [0.25, 0.3) is 5.91 Å². The lowest BCUT2D eigenvalue weighted by Crippen LogP contribution is -2.55. The number of nitrogens with one attached hydrogen (secondary N) is 1. The predicted octanol–water partition coefficient (Wildman–Crippen LogP) is 5.37. The molecule has 0 saturated carbocycles. The Labute approximate surface area is 197 Å². The van der Waals surface area contributed by atoms with Crippen molar-refractivity contribution in [1.29, 1.82) is 0 Å². The normalized spacial score (nSPS) is 13.1. The van der Waals surface area contributed by atoms with E-state index in [1.165, 1.54) is 36.1 Å². The van der Waals surface area contributed by atoms with E-state index in [9.17, 15) is 9.90 Å². The largest absolute Gasteiger partial charge is 0.393 e. The van der Waals surface area contributed by atoms with Crippen molar-refractivity contribution in [3.63, 3.8) is 0 Å². The lowest BCUT2D eigenvalue weighted by molar-refractivity contribution is -0.353. The molecule has 0 aliphatic carbocycles. The van der Waals surface area contributed by atoms with E-state index in [1.54, 1.807) is 0 Å². The van der Waals surface area contributed by atoms with Crippen molar-refractivity contribution in [2.24, 2.45) is 11.8 Å². The van der Waals surface area contributed by atoms with Crippen molar-refractivity contribution in [1.82, 2.24) is 4.98 Å². The number of hydrogen-bond acceptors (Lipinski definition) is 4. The summed E-state index contributed by atoms with van der Waals surface area (Å²) in [6.45, 7) is 11.0. The molecular weight excluding hydrogens is 430 g/mol. The van der Waals surface area contributed by atoms with Crippen LogP contribution in [0.4, 0.5) is 5.13 Å². The third-order valence-corrected chi connectivity index (χ3v) is 6.00. The number of rotatable bonds is 9. The third-order valence-electron chi connectivity index (χ3n) is 5.24. The van der Waals surface area contributed by atoms with E-state index in [0.29, 0.717) is 11.0 Å². The zero-order valence-electron chi connectivity index (χ0n) is 20.0. The number of thiazole rings is 1. The summed E-state index contributed by atoms with van der Waals surface area (Å²) in [4.78, 5) is 15.5. The van der Waals surface area contributed by atoms with Crippen LogP contribution in [0.25, 0.3) is 11.3 Å². The highest BCUT2D eigenvalue weighted by Crippen LogP contribution is 2.25. The van der Waals surface area contributed by atoms with Crippen molar-refractivity contribution in [3.05, 3.63) is 35.2 Å². The van der Waals surface area contributed by atoms with E-state index in [2.05, 4.69) is 61.4 Å². The molecule has 1 heterocycles. The van der Waals surface area contributed by atoms with Gasteiger partial charge in [-0.05, 0) is 37.7 Å². The summed E-state index contributed by atoms with van der Waals surface area (Å²) in [6.07, 6.45) is 5.85. The van der Waals surface area contributed by atoms with Crippen molar-refractivity contribution in [2.75, 3.05) is 18.2 Å². The molecule has 2 rings (SSSR count). The number of carbonyl (C=O) groups excluding carboxylic acids is 1. The third kappa shape index (κ3) is 12.2. The molecule has 0 aliphatic rings. The molecule has 1 aromatic carbocycles. The molecule has 3 atom stereocenters. The van der Waals surface area contributed by atoms with Gasteiger partial charge in [-0.2, -0.15) is 0 Å². The summed E-state index contributed by atoms with van der Waals surface area (Å²) in [7, 11) is 0. The smallest absolute Gasteiger partial charge is 0.281 e. The summed E-state index contributed by atoms with van der Waals surface area (Å²) >= 11 is 6.06. The van der Waals surface area contributed by atoms with Crippen LogP contribution in [0, 0.1) is 18.8 Å². The molecule has 5 N–H and O–H groups in total. The Bertz CT molecular complexity index is 739. The van der Waals surface area contributed by atoms with Crippen molar-refractivity contribution >= 4 is 34.0 Å². The molecule has 1 aromatic heterocycles. The van der Waals surface area contributed by atoms with Gasteiger partial charge in [0.2, 0.25) is 0 Å². The Hall–Kier alpha value is -1.47. The van der Waals surface area contributed by atoms with Crippen LogP contribution in [0.1, 0.15) is 58.9 Å². The number of quaternary nitrogens is 1. The lowest BCUT2D eigenvalue weighted by Gasteiger charge is -2.18. The number of anilines is 1. The van der Waals surface area contributed by atoms with Gasteiger partial charge in [0.1, 0.15) is 0 Å². The number of aromatic nitrogens is 1. The number of aliphatic hydroxyl groups is 1. The zero-order chi connectivity index (χ0) is 23.8. The minimum absolute atomic E-state index is 0.0796. The molecule has 0 saturated heterocycles. The van der Waals surface area contributed by atoms with Crippen molar-refractivity contribution < 1.29 is 15.6 Å². The second-order valence-electron chi connectivity index (χ2n) is 7.75. The quantitative estimate of drug-likeness (QED) is 0.430. The monoisotopic (exact) mass is 470 g/mol. The Kier molecular flexibility index (Phi) is 16.3. The summed E-state index contributed by atoms with van der Waals surface area (Å²) in [5, 5.41) is 14.9.